The van der Waals surface area contributed by atoms with Gasteiger partial charge in [-0.1, -0.05) is 13.3 Å². The number of ether oxygens (including phenoxy) is 1. The number of aromatic hydroxyl groups is 1. The van der Waals surface area contributed by atoms with Gasteiger partial charge in [0.05, 0.1) is 12.7 Å². The van der Waals surface area contributed by atoms with Crippen LogP contribution in [0.15, 0.2) is 15.3 Å². The highest BCUT2D eigenvalue weighted by Gasteiger charge is 2.07. The second-order valence-corrected chi connectivity index (χ2v) is 3.04. The van der Waals surface area contributed by atoms with Crippen molar-refractivity contribution in [2.75, 3.05) is 6.61 Å². The highest BCUT2D eigenvalue weighted by Crippen LogP contribution is 2.17. The van der Waals surface area contributed by atoms with Crippen LogP contribution in [0.3, 0.4) is 0 Å². The van der Waals surface area contributed by atoms with Gasteiger partial charge >= 0.3 is 0 Å². The average molecular weight is 198 g/mol. The minimum absolute atomic E-state index is 0.166. The monoisotopic (exact) mass is 198 g/mol. The van der Waals surface area contributed by atoms with Crippen LogP contribution in [0.1, 0.15) is 25.5 Å². The van der Waals surface area contributed by atoms with E-state index in [4.69, 9.17) is 14.3 Å². The molecule has 1 aromatic heterocycles. The second-order valence-electron chi connectivity index (χ2n) is 3.04. The maximum atomic E-state index is 11.1. The Bertz CT molecular complexity index is 354. The minimum atomic E-state index is -0.472. The molecule has 4 heteroatoms. The Morgan fingerprint density at radius 2 is 2.29 bits per heavy atom. The van der Waals surface area contributed by atoms with E-state index in [1.54, 1.807) is 0 Å². The number of aryl methyl sites for hydroxylation is 1. The molecule has 0 radical (unpaired) electrons. The largest absolute Gasteiger partial charge is 0.502 e. The fourth-order valence-electron chi connectivity index (χ4n) is 0.966. The van der Waals surface area contributed by atoms with Gasteiger partial charge in [-0.3, -0.25) is 4.79 Å². The summed E-state index contributed by atoms with van der Waals surface area (Å²) >= 11 is 0. The molecular formula is C10H14O4. The molecule has 14 heavy (non-hydrogen) atoms. The summed E-state index contributed by atoms with van der Waals surface area (Å²) in [5, 5.41) is 9.14. The van der Waals surface area contributed by atoms with Gasteiger partial charge in [-0.2, -0.15) is 0 Å². The topological polar surface area (TPSA) is 59.7 Å². The predicted octanol–water partition coefficient (Wildman–Crippen LogP) is 1.83. The molecule has 0 unspecified atom stereocenters. The summed E-state index contributed by atoms with van der Waals surface area (Å²) < 4.78 is 10.2. The van der Waals surface area contributed by atoms with Gasteiger partial charge in [0.25, 0.3) is 5.95 Å². The third kappa shape index (κ3) is 2.52. The summed E-state index contributed by atoms with van der Waals surface area (Å²) in [4.78, 5) is 11.1. The first kappa shape index (κ1) is 10.6. The summed E-state index contributed by atoms with van der Waals surface area (Å²) in [6.45, 7) is 4.08. The highest BCUT2D eigenvalue weighted by molar-refractivity contribution is 5.25. The third-order valence-corrected chi connectivity index (χ3v) is 1.81. The molecule has 1 heterocycles. The van der Waals surface area contributed by atoms with E-state index < -0.39 is 5.43 Å². The lowest BCUT2D eigenvalue weighted by atomic mass is 10.3. The molecule has 0 aliphatic rings. The molecule has 0 spiro atoms. The van der Waals surface area contributed by atoms with Crippen molar-refractivity contribution in [3.63, 3.8) is 0 Å². The lowest BCUT2D eigenvalue weighted by Gasteiger charge is -2.04. The van der Waals surface area contributed by atoms with Crippen LogP contribution < -0.4 is 10.2 Å². The van der Waals surface area contributed by atoms with Crippen LogP contribution in [-0.2, 0) is 0 Å². The number of hydrogen-bond acceptors (Lipinski definition) is 4. The van der Waals surface area contributed by atoms with Gasteiger partial charge in [-0.25, -0.2) is 0 Å². The Morgan fingerprint density at radius 1 is 1.57 bits per heavy atom. The summed E-state index contributed by atoms with van der Waals surface area (Å²) in [6.07, 6.45) is 1.92. The standard InChI is InChI=1S/C10H14O4/c1-3-4-5-13-9-6-8(11)10(12)7(2)14-9/h6,12H,3-5H2,1-2H3. The van der Waals surface area contributed by atoms with Gasteiger partial charge < -0.3 is 14.3 Å². The molecule has 0 saturated carbocycles. The molecule has 4 nitrogen and oxygen atoms in total. The van der Waals surface area contributed by atoms with Crippen molar-refractivity contribution in [1.82, 2.24) is 0 Å². The molecule has 0 aliphatic carbocycles. The van der Waals surface area contributed by atoms with Crippen molar-refractivity contribution in [2.24, 2.45) is 0 Å². The predicted molar refractivity (Wildman–Crippen MR) is 51.8 cm³/mol. The van der Waals surface area contributed by atoms with Crippen molar-refractivity contribution in [1.29, 1.82) is 0 Å². The van der Waals surface area contributed by atoms with Gasteiger partial charge in [0, 0.05) is 0 Å². The van der Waals surface area contributed by atoms with Crippen molar-refractivity contribution >= 4 is 0 Å². The molecule has 1 N–H and O–H groups in total. The van der Waals surface area contributed by atoms with E-state index >= 15 is 0 Å². The van der Waals surface area contributed by atoms with E-state index in [0.29, 0.717) is 6.61 Å². The molecule has 0 fully saturated rings. The lowest BCUT2D eigenvalue weighted by molar-refractivity contribution is 0.223. The summed E-state index contributed by atoms with van der Waals surface area (Å²) in [6, 6.07) is 1.15. The molecule has 1 aromatic rings. The zero-order valence-electron chi connectivity index (χ0n) is 8.37. The smallest absolute Gasteiger partial charge is 0.288 e. The van der Waals surface area contributed by atoms with Crippen molar-refractivity contribution in [3.05, 3.63) is 22.0 Å². The van der Waals surface area contributed by atoms with Gasteiger partial charge in [-0.05, 0) is 13.3 Å². The molecule has 78 valence electrons. The van der Waals surface area contributed by atoms with Gasteiger partial charge in [0.1, 0.15) is 0 Å². The SMILES string of the molecule is CCCCOc1cc(=O)c(O)c(C)o1. The Balaban J connectivity index is 2.75. The van der Waals surface area contributed by atoms with Crippen LogP contribution in [0.4, 0.5) is 0 Å². The first-order valence-corrected chi connectivity index (χ1v) is 4.61. The Hall–Kier alpha value is -1.45. The maximum Gasteiger partial charge on any atom is 0.288 e. The second kappa shape index (κ2) is 4.69. The quantitative estimate of drug-likeness (QED) is 0.750. The minimum Gasteiger partial charge on any atom is -0.502 e. The maximum absolute atomic E-state index is 11.1. The highest BCUT2D eigenvalue weighted by atomic mass is 16.6. The summed E-state index contributed by atoms with van der Waals surface area (Å²) in [5.74, 6) is -0.00408. The summed E-state index contributed by atoms with van der Waals surface area (Å²) in [5.41, 5.74) is -0.472. The Labute approximate surface area is 82.1 Å². The first-order chi connectivity index (χ1) is 6.65. The first-order valence-electron chi connectivity index (χ1n) is 4.61. The van der Waals surface area contributed by atoms with Gasteiger partial charge in [-0.15, -0.1) is 0 Å². The van der Waals surface area contributed by atoms with E-state index in [1.165, 1.54) is 6.92 Å². The van der Waals surface area contributed by atoms with Crippen LogP contribution in [0.25, 0.3) is 0 Å². The zero-order valence-corrected chi connectivity index (χ0v) is 8.37. The van der Waals surface area contributed by atoms with Crippen molar-refractivity contribution in [3.8, 4) is 11.7 Å². The molecule has 0 atom stereocenters. The number of hydrogen-bond donors (Lipinski definition) is 1. The van der Waals surface area contributed by atoms with Crippen LogP contribution in [-0.4, -0.2) is 11.7 Å². The average Bonchev–Trinajstić information content (AvgIpc) is 2.14. The molecule has 0 amide bonds. The van der Waals surface area contributed by atoms with Gasteiger partial charge in [0.15, 0.2) is 5.76 Å². The fourth-order valence-corrected chi connectivity index (χ4v) is 0.966. The molecule has 0 aromatic carbocycles. The Morgan fingerprint density at radius 3 is 2.86 bits per heavy atom. The zero-order chi connectivity index (χ0) is 10.6. The number of rotatable bonds is 4. The van der Waals surface area contributed by atoms with E-state index in [1.807, 2.05) is 6.92 Å². The molecule has 0 saturated heterocycles. The van der Waals surface area contributed by atoms with Crippen LogP contribution in [0, 0.1) is 6.92 Å². The fraction of sp³-hybridized carbons (Fsp3) is 0.500. The van der Waals surface area contributed by atoms with Crippen LogP contribution >= 0.6 is 0 Å². The van der Waals surface area contributed by atoms with Crippen molar-refractivity contribution in [2.45, 2.75) is 26.7 Å². The number of unbranched alkanes of at least 4 members (excludes halogenated alkanes) is 1. The van der Waals surface area contributed by atoms with E-state index in [2.05, 4.69) is 0 Å². The molecular weight excluding hydrogens is 184 g/mol. The summed E-state index contributed by atoms with van der Waals surface area (Å²) in [7, 11) is 0. The van der Waals surface area contributed by atoms with Crippen molar-refractivity contribution < 1.29 is 14.3 Å². The third-order valence-electron chi connectivity index (χ3n) is 1.81. The lowest BCUT2D eigenvalue weighted by Crippen LogP contribution is -2.04. The van der Waals surface area contributed by atoms with E-state index in [0.717, 1.165) is 18.9 Å². The van der Waals surface area contributed by atoms with Gasteiger partial charge in [0.2, 0.25) is 11.2 Å². The molecule has 0 bridgehead atoms. The normalized spacial score (nSPS) is 10.1. The van der Waals surface area contributed by atoms with E-state index in [-0.39, 0.29) is 17.5 Å². The van der Waals surface area contributed by atoms with Crippen LogP contribution in [0.2, 0.25) is 0 Å². The van der Waals surface area contributed by atoms with E-state index in [9.17, 15) is 4.79 Å². The Kier molecular flexibility index (Phi) is 3.56. The molecule has 0 aliphatic heterocycles. The van der Waals surface area contributed by atoms with Crippen LogP contribution in [0.5, 0.6) is 11.7 Å². The molecule has 1 rings (SSSR count).